The number of nitrogens with one attached hydrogen (secondary N) is 2. The SMILES string of the molecule is CC(=O)C1c2c(NC(=O)c3ccc(Oc4ccccc4)cc3)n[nH]c2CN1c1ccc(OCC(N)=O)cc1. The van der Waals surface area contributed by atoms with E-state index in [0.717, 1.165) is 11.4 Å². The van der Waals surface area contributed by atoms with Crippen LogP contribution in [0.4, 0.5) is 11.5 Å². The molecule has 1 unspecified atom stereocenters. The number of carbonyl (C=O) groups excluding carboxylic acids is 3. The fraction of sp³-hybridized carbons (Fsp3) is 0.143. The summed E-state index contributed by atoms with van der Waals surface area (Å²) in [5.41, 5.74) is 7.68. The van der Waals surface area contributed by atoms with Crippen LogP contribution in [0.3, 0.4) is 0 Å². The molecule has 2 amide bonds. The van der Waals surface area contributed by atoms with Crippen molar-refractivity contribution < 1.29 is 23.9 Å². The number of carbonyl (C=O) groups is 3. The van der Waals surface area contributed by atoms with Crippen molar-refractivity contribution in [2.45, 2.75) is 19.5 Å². The van der Waals surface area contributed by atoms with Gasteiger partial charge in [0, 0.05) is 16.8 Å². The highest BCUT2D eigenvalue weighted by molar-refractivity contribution is 6.05. The minimum atomic E-state index is -0.641. The number of hydrogen-bond donors (Lipinski definition) is 3. The highest BCUT2D eigenvalue weighted by Gasteiger charge is 2.38. The molecule has 1 aliphatic rings. The standard InChI is InChI=1S/C28H25N5O5/c1-17(34)26-25-23(15-33(26)19-9-13-20(14-10-19)37-16-24(29)35)31-32-27(25)30-28(36)18-7-11-22(12-8-18)38-21-5-3-2-4-6-21/h2-14,26H,15-16H2,1H3,(H2,29,35)(H2,30,31,32,36). The van der Waals surface area contributed by atoms with Crippen LogP contribution in [0.2, 0.25) is 0 Å². The first-order chi connectivity index (χ1) is 18.4. The quantitative estimate of drug-likeness (QED) is 0.309. The third-order valence-electron chi connectivity index (χ3n) is 6.06. The molecule has 1 aromatic heterocycles. The van der Waals surface area contributed by atoms with Crippen molar-refractivity contribution in [3.63, 3.8) is 0 Å². The monoisotopic (exact) mass is 511 g/mol. The summed E-state index contributed by atoms with van der Waals surface area (Å²) in [4.78, 5) is 38.6. The summed E-state index contributed by atoms with van der Waals surface area (Å²) < 4.78 is 11.1. The number of amides is 2. The molecule has 10 heteroatoms. The molecule has 0 bridgehead atoms. The van der Waals surface area contributed by atoms with Gasteiger partial charge < -0.3 is 25.4 Å². The maximum absolute atomic E-state index is 13.0. The topological polar surface area (TPSA) is 140 Å². The Bertz CT molecular complexity index is 1470. The number of primary amides is 1. The van der Waals surface area contributed by atoms with Gasteiger partial charge in [-0.3, -0.25) is 19.5 Å². The highest BCUT2D eigenvalue weighted by atomic mass is 16.5. The molecule has 1 aliphatic heterocycles. The summed E-state index contributed by atoms with van der Waals surface area (Å²) in [6, 6.07) is 22.5. The van der Waals surface area contributed by atoms with E-state index >= 15 is 0 Å². The highest BCUT2D eigenvalue weighted by Crippen LogP contribution is 2.41. The van der Waals surface area contributed by atoms with Crippen LogP contribution in [0.5, 0.6) is 17.2 Å². The molecule has 192 valence electrons. The van der Waals surface area contributed by atoms with Gasteiger partial charge in [-0.25, -0.2) is 0 Å². The van der Waals surface area contributed by atoms with Crippen molar-refractivity contribution in [3.05, 3.63) is 95.7 Å². The van der Waals surface area contributed by atoms with E-state index in [-0.39, 0.29) is 18.3 Å². The molecule has 4 aromatic rings. The number of rotatable bonds is 9. The number of Topliss-reactive ketones (excluding diaryl/α,β-unsaturated/α-hetero) is 1. The largest absolute Gasteiger partial charge is 0.484 e. The van der Waals surface area contributed by atoms with E-state index in [0.29, 0.717) is 40.7 Å². The van der Waals surface area contributed by atoms with Crippen molar-refractivity contribution in [2.24, 2.45) is 5.73 Å². The number of anilines is 2. The number of fused-ring (bicyclic) bond motifs is 1. The summed E-state index contributed by atoms with van der Waals surface area (Å²) >= 11 is 0. The Hall–Kier alpha value is -5.12. The van der Waals surface area contributed by atoms with Crippen LogP contribution in [-0.2, 0) is 16.1 Å². The Morgan fingerprint density at radius 3 is 2.29 bits per heavy atom. The molecular weight excluding hydrogens is 486 g/mol. The number of H-pyrrole nitrogens is 1. The van der Waals surface area contributed by atoms with Crippen LogP contribution < -0.4 is 25.4 Å². The zero-order valence-corrected chi connectivity index (χ0v) is 20.5. The van der Waals surface area contributed by atoms with Gasteiger partial charge in [-0.1, -0.05) is 18.2 Å². The molecule has 3 aromatic carbocycles. The second-order valence-electron chi connectivity index (χ2n) is 8.75. The van der Waals surface area contributed by atoms with Gasteiger partial charge in [0.2, 0.25) is 0 Å². The molecule has 0 spiro atoms. The molecule has 0 radical (unpaired) electrons. The number of nitrogens with zero attached hydrogens (tertiary/aromatic N) is 2. The number of benzene rings is 3. The van der Waals surface area contributed by atoms with Gasteiger partial charge >= 0.3 is 0 Å². The van der Waals surface area contributed by atoms with Gasteiger partial charge in [0.25, 0.3) is 11.8 Å². The molecular formula is C28H25N5O5. The van der Waals surface area contributed by atoms with Gasteiger partial charge in [0.15, 0.2) is 18.2 Å². The number of para-hydroxylation sites is 1. The molecule has 5 rings (SSSR count). The van der Waals surface area contributed by atoms with Gasteiger partial charge in [-0.15, -0.1) is 0 Å². The molecule has 1 atom stereocenters. The van der Waals surface area contributed by atoms with Crippen molar-refractivity contribution in [1.82, 2.24) is 10.2 Å². The van der Waals surface area contributed by atoms with Crippen LogP contribution in [0.25, 0.3) is 0 Å². The lowest BCUT2D eigenvalue weighted by Crippen LogP contribution is -2.28. The average Bonchev–Trinajstić information content (AvgIpc) is 3.48. The second-order valence-corrected chi connectivity index (χ2v) is 8.75. The molecule has 10 nitrogen and oxygen atoms in total. The maximum Gasteiger partial charge on any atom is 0.256 e. The zero-order chi connectivity index (χ0) is 26.6. The minimum absolute atomic E-state index is 0.0999. The summed E-state index contributed by atoms with van der Waals surface area (Å²) in [5, 5.41) is 10.1. The Morgan fingerprint density at radius 1 is 0.974 bits per heavy atom. The Balaban J connectivity index is 1.30. The number of aromatic nitrogens is 2. The number of aromatic amines is 1. The van der Waals surface area contributed by atoms with E-state index in [1.807, 2.05) is 35.2 Å². The summed E-state index contributed by atoms with van der Waals surface area (Å²) in [7, 11) is 0. The number of ketones is 1. The van der Waals surface area contributed by atoms with E-state index < -0.39 is 11.9 Å². The molecule has 2 heterocycles. The van der Waals surface area contributed by atoms with Crippen molar-refractivity contribution in [2.75, 3.05) is 16.8 Å². The van der Waals surface area contributed by atoms with Crippen molar-refractivity contribution in [3.8, 4) is 17.2 Å². The second kappa shape index (κ2) is 10.5. The average molecular weight is 512 g/mol. The van der Waals surface area contributed by atoms with Crippen molar-refractivity contribution in [1.29, 1.82) is 0 Å². The molecule has 0 fully saturated rings. The molecule has 0 saturated carbocycles. The van der Waals surface area contributed by atoms with E-state index in [1.54, 1.807) is 48.5 Å². The summed E-state index contributed by atoms with van der Waals surface area (Å²) in [6.45, 7) is 1.68. The third kappa shape index (κ3) is 5.19. The van der Waals surface area contributed by atoms with Crippen molar-refractivity contribution >= 4 is 29.1 Å². The first-order valence-electron chi connectivity index (χ1n) is 11.9. The third-order valence-corrected chi connectivity index (χ3v) is 6.06. The van der Waals surface area contributed by atoms with Crippen LogP contribution in [-0.4, -0.2) is 34.4 Å². The van der Waals surface area contributed by atoms with E-state index in [9.17, 15) is 14.4 Å². The van der Waals surface area contributed by atoms with E-state index in [1.165, 1.54) is 6.92 Å². The lowest BCUT2D eigenvalue weighted by Gasteiger charge is -2.26. The van der Waals surface area contributed by atoms with Gasteiger partial charge in [-0.05, 0) is 67.6 Å². The van der Waals surface area contributed by atoms with Crippen LogP contribution in [0, 0.1) is 0 Å². The zero-order valence-electron chi connectivity index (χ0n) is 20.5. The first kappa shape index (κ1) is 24.6. The minimum Gasteiger partial charge on any atom is -0.484 e. The van der Waals surface area contributed by atoms with E-state index in [4.69, 9.17) is 15.2 Å². The number of hydrogen-bond acceptors (Lipinski definition) is 7. The predicted molar refractivity (Wildman–Crippen MR) is 140 cm³/mol. The van der Waals surface area contributed by atoms with Gasteiger partial charge in [0.05, 0.1) is 12.2 Å². The first-order valence-corrected chi connectivity index (χ1v) is 11.9. The maximum atomic E-state index is 13.0. The molecule has 0 saturated heterocycles. The Labute approximate surface area is 218 Å². The summed E-state index contributed by atoms with van der Waals surface area (Å²) in [5.74, 6) is 1.07. The predicted octanol–water partition coefficient (Wildman–Crippen LogP) is 3.97. The van der Waals surface area contributed by atoms with Crippen LogP contribution >= 0.6 is 0 Å². The number of ether oxygens (including phenoxy) is 2. The van der Waals surface area contributed by atoms with Crippen LogP contribution in [0.1, 0.15) is 34.6 Å². The number of nitrogens with two attached hydrogens (primary N) is 1. The normalized spacial score (nSPS) is 14.0. The fourth-order valence-corrected chi connectivity index (χ4v) is 4.34. The van der Waals surface area contributed by atoms with Crippen LogP contribution in [0.15, 0.2) is 78.9 Å². The fourth-order valence-electron chi connectivity index (χ4n) is 4.34. The van der Waals surface area contributed by atoms with Gasteiger partial charge in [0.1, 0.15) is 23.3 Å². The molecule has 0 aliphatic carbocycles. The van der Waals surface area contributed by atoms with Gasteiger partial charge in [-0.2, -0.15) is 5.10 Å². The molecule has 38 heavy (non-hydrogen) atoms. The Kier molecular flexibility index (Phi) is 6.77. The lowest BCUT2D eigenvalue weighted by atomic mass is 10.1. The molecule has 4 N–H and O–H groups in total. The lowest BCUT2D eigenvalue weighted by molar-refractivity contribution is -0.120. The Morgan fingerprint density at radius 2 is 1.63 bits per heavy atom. The van der Waals surface area contributed by atoms with E-state index in [2.05, 4.69) is 15.5 Å². The smallest absolute Gasteiger partial charge is 0.256 e. The summed E-state index contributed by atoms with van der Waals surface area (Å²) in [6.07, 6.45) is 0.